The van der Waals surface area contributed by atoms with Crippen LogP contribution in [-0.4, -0.2) is 5.11 Å². The molecule has 102 valence electrons. The maximum Gasteiger partial charge on any atom is 0.146 e. The van der Waals surface area contributed by atoms with Crippen LogP contribution in [0.4, 0.5) is 0 Å². The molecule has 0 aliphatic heterocycles. The molecule has 3 aromatic rings. The van der Waals surface area contributed by atoms with Gasteiger partial charge < -0.3 is 9.84 Å². The molecule has 0 spiro atoms. The normalized spacial score (nSPS) is 10.3. The number of phenolic OH excluding ortho intramolecular Hbond substituents is 1. The summed E-state index contributed by atoms with van der Waals surface area (Å²) in [6, 6.07) is 17.5. The van der Waals surface area contributed by atoms with Gasteiger partial charge in [0.2, 0.25) is 0 Å². The van der Waals surface area contributed by atoms with Gasteiger partial charge in [0.1, 0.15) is 17.2 Å². The molecule has 1 N–H and O–H groups in total. The van der Waals surface area contributed by atoms with Crippen molar-refractivity contribution in [1.82, 2.24) is 0 Å². The van der Waals surface area contributed by atoms with E-state index in [-0.39, 0.29) is 5.75 Å². The Morgan fingerprint density at radius 2 is 1.71 bits per heavy atom. The monoisotopic (exact) mass is 295 g/mol. The fraction of sp³-hybridized carbons (Fsp3) is 0. The maximum atomic E-state index is 9.87. The molecule has 3 rings (SSSR count). The van der Waals surface area contributed by atoms with Crippen LogP contribution in [0.5, 0.6) is 17.2 Å². The predicted octanol–water partition coefficient (Wildman–Crippen LogP) is 4.86. The molecule has 0 bridgehead atoms. The molecule has 0 atom stereocenters. The lowest BCUT2D eigenvalue weighted by Gasteiger charge is -2.11. The van der Waals surface area contributed by atoms with Crippen molar-refractivity contribution in [2.24, 2.45) is 0 Å². The summed E-state index contributed by atoms with van der Waals surface area (Å²) in [7, 11) is 0. The van der Waals surface area contributed by atoms with Crippen molar-refractivity contribution in [3.8, 4) is 23.3 Å². The minimum absolute atomic E-state index is 0.198. The van der Waals surface area contributed by atoms with Crippen molar-refractivity contribution in [1.29, 1.82) is 5.26 Å². The third kappa shape index (κ3) is 2.49. The molecule has 0 aliphatic carbocycles. The van der Waals surface area contributed by atoms with Crippen molar-refractivity contribution in [3.63, 3.8) is 0 Å². The lowest BCUT2D eigenvalue weighted by atomic mass is 10.1. The summed E-state index contributed by atoms with van der Waals surface area (Å²) < 4.78 is 5.82. The van der Waals surface area contributed by atoms with Gasteiger partial charge in [0.05, 0.1) is 16.7 Å². The SMILES string of the molecule is N#Cc1ccc(Oc2cccc3c(O)cccc23)c(Cl)c1. The first-order valence-electron chi connectivity index (χ1n) is 6.27. The number of ether oxygens (including phenoxy) is 1. The van der Waals surface area contributed by atoms with Crippen molar-refractivity contribution >= 4 is 22.4 Å². The predicted molar refractivity (Wildman–Crippen MR) is 81.9 cm³/mol. The van der Waals surface area contributed by atoms with E-state index in [9.17, 15) is 5.11 Å². The summed E-state index contributed by atoms with van der Waals surface area (Å²) in [4.78, 5) is 0. The summed E-state index contributed by atoms with van der Waals surface area (Å²) in [6.07, 6.45) is 0. The van der Waals surface area contributed by atoms with Crippen LogP contribution >= 0.6 is 11.6 Å². The van der Waals surface area contributed by atoms with Crippen LogP contribution in [0.3, 0.4) is 0 Å². The average molecular weight is 296 g/mol. The highest BCUT2D eigenvalue weighted by molar-refractivity contribution is 6.32. The Balaban J connectivity index is 2.07. The van der Waals surface area contributed by atoms with Crippen molar-refractivity contribution in [3.05, 3.63) is 65.2 Å². The van der Waals surface area contributed by atoms with Crippen LogP contribution in [-0.2, 0) is 0 Å². The first-order valence-corrected chi connectivity index (χ1v) is 6.65. The highest BCUT2D eigenvalue weighted by Gasteiger charge is 2.09. The summed E-state index contributed by atoms with van der Waals surface area (Å²) in [6.45, 7) is 0. The van der Waals surface area contributed by atoms with Crippen molar-refractivity contribution in [2.45, 2.75) is 0 Å². The Labute approximate surface area is 126 Å². The lowest BCUT2D eigenvalue weighted by molar-refractivity contribution is 0.478. The van der Waals surface area contributed by atoms with Gasteiger partial charge in [-0.15, -0.1) is 0 Å². The molecule has 0 fully saturated rings. The van der Waals surface area contributed by atoms with Crippen molar-refractivity contribution in [2.75, 3.05) is 0 Å². The Morgan fingerprint density at radius 3 is 2.48 bits per heavy atom. The van der Waals surface area contributed by atoms with Gasteiger partial charge in [-0.1, -0.05) is 35.9 Å². The number of halogens is 1. The average Bonchev–Trinajstić information content (AvgIpc) is 2.50. The zero-order valence-corrected chi connectivity index (χ0v) is 11.6. The second-order valence-electron chi connectivity index (χ2n) is 4.49. The molecule has 3 nitrogen and oxygen atoms in total. The largest absolute Gasteiger partial charge is 0.507 e. The summed E-state index contributed by atoms with van der Waals surface area (Å²) in [5.41, 5.74) is 0.475. The van der Waals surface area contributed by atoms with E-state index in [2.05, 4.69) is 0 Å². The zero-order valence-electron chi connectivity index (χ0n) is 10.9. The molecular weight excluding hydrogens is 286 g/mol. The molecule has 4 heteroatoms. The third-order valence-electron chi connectivity index (χ3n) is 3.14. The maximum absolute atomic E-state index is 9.87. The number of phenols is 1. The second-order valence-corrected chi connectivity index (χ2v) is 4.89. The number of rotatable bonds is 2. The molecule has 0 aromatic heterocycles. The van der Waals surface area contributed by atoms with Gasteiger partial charge in [-0.2, -0.15) is 5.26 Å². The number of benzene rings is 3. The van der Waals surface area contributed by atoms with E-state index in [0.717, 1.165) is 5.39 Å². The Bertz CT molecular complexity index is 868. The molecule has 0 radical (unpaired) electrons. The van der Waals surface area contributed by atoms with Gasteiger partial charge in [-0.3, -0.25) is 0 Å². The van der Waals surface area contributed by atoms with Gasteiger partial charge in [0.15, 0.2) is 0 Å². The molecule has 0 aliphatic rings. The highest BCUT2D eigenvalue weighted by Crippen LogP contribution is 2.36. The number of hydrogen-bond acceptors (Lipinski definition) is 3. The quantitative estimate of drug-likeness (QED) is 0.734. The van der Waals surface area contributed by atoms with Crippen LogP contribution < -0.4 is 4.74 Å². The molecule has 0 amide bonds. The summed E-state index contributed by atoms with van der Waals surface area (Å²) in [5.74, 6) is 1.25. The van der Waals surface area contributed by atoms with E-state index in [0.29, 0.717) is 27.5 Å². The number of nitriles is 1. The fourth-order valence-electron chi connectivity index (χ4n) is 2.13. The first kappa shape index (κ1) is 13.3. The third-order valence-corrected chi connectivity index (χ3v) is 3.44. The Morgan fingerprint density at radius 1 is 0.952 bits per heavy atom. The molecule has 0 unspecified atom stereocenters. The minimum Gasteiger partial charge on any atom is -0.507 e. The number of aromatic hydroxyl groups is 1. The smallest absolute Gasteiger partial charge is 0.146 e. The number of hydrogen-bond donors (Lipinski definition) is 1. The lowest BCUT2D eigenvalue weighted by Crippen LogP contribution is -1.88. The van der Waals surface area contributed by atoms with E-state index < -0.39 is 0 Å². The highest BCUT2D eigenvalue weighted by atomic mass is 35.5. The standard InChI is InChI=1S/C17H10ClNO2/c18-14-9-11(10-19)7-8-17(14)21-16-6-2-3-12-13(16)4-1-5-15(12)20/h1-9,20H. The van der Waals surface area contributed by atoms with Crippen LogP contribution in [0.1, 0.15) is 5.56 Å². The molecule has 0 heterocycles. The molecular formula is C17H10ClNO2. The van der Waals surface area contributed by atoms with Gasteiger partial charge in [-0.25, -0.2) is 0 Å². The van der Waals surface area contributed by atoms with Gasteiger partial charge >= 0.3 is 0 Å². The van der Waals surface area contributed by atoms with Crippen LogP contribution in [0.15, 0.2) is 54.6 Å². The molecule has 21 heavy (non-hydrogen) atoms. The van der Waals surface area contributed by atoms with Crippen LogP contribution in [0.25, 0.3) is 10.8 Å². The van der Waals surface area contributed by atoms with Crippen LogP contribution in [0.2, 0.25) is 5.02 Å². The minimum atomic E-state index is 0.198. The molecule has 0 saturated heterocycles. The van der Waals surface area contributed by atoms with Crippen LogP contribution in [0, 0.1) is 11.3 Å². The van der Waals surface area contributed by atoms with Gasteiger partial charge in [0.25, 0.3) is 0 Å². The van der Waals surface area contributed by atoms with Gasteiger partial charge in [-0.05, 0) is 30.3 Å². The van der Waals surface area contributed by atoms with E-state index in [1.807, 2.05) is 18.2 Å². The summed E-state index contributed by atoms with van der Waals surface area (Å²) >= 11 is 6.12. The van der Waals surface area contributed by atoms with E-state index in [1.54, 1.807) is 42.5 Å². The van der Waals surface area contributed by atoms with E-state index in [1.165, 1.54) is 0 Å². The van der Waals surface area contributed by atoms with Crippen molar-refractivity contribution < 1.29 is 9.84 Å². The first-order chi connectivity index (χ1) is 10.2. The fourth-order valence-corrected chi connectivity index (χ4v) is 2.34. The molecule has 0 saturated carbocycles. The Kier molecular flexibility index (Phi) is 3.39. The second kappa shape index (κ2) is 5.35. The van der Waals surface area contributed by atoms with E-state index >= 15 is 0 Å². The number of nitrogens with zero attached hydrogens (tertiary/aromatic N) is 1. The van der Waals surface area contributed by atoms with Gasteiger partial charge in [0, 0.05) is 10.8 Å². The van der Waals surface area contributed by atoms with E-state index in [4.69, 9.17) is 21.6 Å². The zero-order chi connectivity index (χ0) is 14.8. The molecule has 3 aromatic carbocycles. The number of fused-ring (bicyclic) bond motifs is 1. The Hall–Kier alpha value is -2.70. The topological polar surface area (TPSA) is 53.2 Å². The summed E-state index contributed by atoms with van der Waals surface area (Å²) in [5, 5.41) is 20.6.